The monoisotopic (exact) mass is 285 g/mol. The van der Waals surface area contributed by atoms with Gasteiger partial charge in [-0.25, -0.2) is 8.78 Å². The Morgan fingerprint density at radius 1 is 1.15 bits per heavy atom. The van der Waals surface area contributed by atoms with Crippen molar-refractivity contribution in [3.05, 3.63) is 35.4 Å². The number of nitrogens with one attached hydrogen (secondary N) is 1. The van der Waals surface area contributed by atoms with Crippen LogP contribution in [-0.2, 0) is 11.2 Å². The molecule has 1 N–H and O–H groups in total. The van der Waals surface area contributed by atoms with Crippen LogP contribution < -0.4 is 5.32 Å². The molecule has 0 aliphatic heterocycles. The molecule has 1 unspecified atom stereocenters. The van der Waals surface area contributed by atoms with E-state index in [0.29, 0.717) is 13.0 Å². The van der Waals surface area contributed by atoms with Crippen molar-refractivity contribution in [3.8, 4) is 0 Å². The summed E-state index contributed by atoms with van der Waals surface area (Å²) in [5.74, 6) is 0. The average Bonchev–Trinajstić information content (AvgIpc) is 2.43. The van der Waals surface area contributed by atoms with Gasteiger partial charge in [0, 0.05) is 12.6 Å². The van der Waals surface area contributed by atoms with Gasteiger partial charge in [-0.05, 0) is 30.5 Å². The topological polar surface area (TPSA) is 21.3 Å². The summed E-state index contributed by atoms with van der Waals surface area (Å²) >= 11 is 0. The van der Waals surface area contributed by atoms with Crippen LogP contribution in [0.15, 0.2) is 24.3 Å². The van der Waals surface area contributed by atoms with Crippen LogP contribution in [-0.4, -0.2) is 26.2 Å². The van der Waals surface area contributed by atoms with Gasteiger partial charge in [-0.2, -0.15) is 0 Å². The fourth-order valence-electron chi connectivity index (χ4n) is 2.21. The minimum absolute atomic E-state index is 0.161. The van der Waals surface area contributed by atoms with Gasteiger partial charge in [-0.1, -0.05) is 44.5 Å². The number of aryl methyl sites for hydroxylation is 1. The fourth-order valence-corrected chi connectivity index (χ4v) is 2.21. The molecule has 0 radical (unpaired) electrons. The molecule has 0 aromatic heterocycles. The zero-order valence-electron chi connectivity index (χ0n) is 12.4. The molecule has 1 aromatic carbocycles. The number of alkyl halides is 2. The zero-order valence-corrected chi connectivity index (χ0v) is 12.4. The van der Waals surface area contributed by atoms with Crippen molar-refractivity contribution in [2.24, 2.45) is 0 Å². The molecule has 0 bridgehead atoms. The lowest BCUT2D eigenvalue weighted by Gasteiger charge is -2.18. The Morgan fingerprint density at radius 3 is 2.40 bits per heavy atom. The smallest absolute Gasteiger partial charge is 0.261 e. The number of rotatable bonds is 10. The van der Waals surface area contributed by atoms with E-state index in [1.54, 1.807) is 0 Å². The molecule has 0 heterocycles. The minimum atomic E-state index is -2.39. The predicted molar refractivity (Wildman–Crippen MR) is 78.3 cm³/mol. The number of benzene rings is 1. The number of hydrogen-bond acceptors (Lipinski definition) is 2. The molecule has 0 aliphatic carbocycles. The van der Waals surface area contributed by atoms with E-state index in [-0.39, 0.29) is 6.04 Å². The van der Waals surface area contributed by atoms with Gasteiger partial charge in [-0.15, -0.1) is 0 Å². The molecule has 114 valence electrons. The highest BCUT2D eigenvalue weighted by Gasteiger charge is 2.11. The first-order valence-electron chi connectivity index (χ1n) is 7.35. The van der Waals surface area contributed by atoms with Gasteiger partial charge in [0.1, 0.15) is 6.61 Å². The van der Waals surface area contributed by atoms with Crippen LogP contribution in [0.5, 0.6) is 0 Å². The molecule has 4 heteroatoms. The third-order valence-electron chi connectivity index (χ3n) is 3.17. The van der Waals surface area contributed by atoms with E-state index in [9.17, 15) is 8.78 Å². The maximum Gasteiger partial charge on any atom is 0.261 e. The Hall–Kier alpha value is -1.00. The largest absolute Gasteiger partial charge is 0.375 e. The molecule has 1 atom stereocenters. The van der Waals surface area contributed by atoms with Crippen molar-refractivity contribution in [3.63, 3.8) is 0 Å². The molecular weight excluding hydrogens is 260 g/mol. The lowest BCUT2D eigenvalue weighted by molar-refractivity contribution is 0.0144. The summed E-state index contributed by atoms with van der Waals surface area (Å²) in [5, 5.41) is 3.37. The summed E-state index contributed by atoms with van der Waals surface area (Å²) in [7, 11) is 0. The first kappa shape index (κ1) is 17.1. The van der Waals surface area contributed by atoms with Crippen LogP contribution in [0.2, 0.25) is 0 Å². The van der Waals surface area contributed by atoms with E-state index in [0.717, 1.165) is 19.4 Å². The molecule has 0 spiro atoms. The van der Waals surface area contributed by atoms with E-state index >= 15 is 0 Å². The van der Waals surface area contributed by atoms with E-state index in [1.165, 1.54) is 11.1 Å². The van der Waals surface area contributed by atoms with Crippen molar-refractivity contribution in [1.82, 2.24) is 5.32 Å². The molecular formula is C16H25F2NO. The van der Waals surface area contributed by atoms with Crippen molar-refractivity contribution < 1.29 is 13.5 Å². The van der Waals surface area contributed by atoms with E-state index < -0.39 is 13.0 Å². The lowest BCUT2D eigenvalue weighted by atomic mass is 10.0. The normalized spacial score (nSPS) is 12.8. The Balaban J connectivity index is 2.51. The number of hydrogen-bond donors (Lipinski definition) is 1. The second-order valence-corrected chi connectivity index (χ2v) is 4.86. The van der Waals surface area contributed by atoms with Crippen LogP contribution in [0, 0.1) is 0 Å². The number of ether oxygens (including phenoxy) is 1. The molecule has 0 saturated heterocycles. The quantitative estimate of drug-likeness (QED) is 0.657. The van der Waals surface area contributed by atoms with Crippen LogP contribution in [0.25, 0.3) is 0 Å². The first-order valence-corrected chi connectivity index (χ1v) is 7.35. The Labute approximate surface area is 120 Å². The lowest BCUT2D eigenvalue weighted by Crippen LogP contribution is -2.22. The summed E-state index contributed by atoms with van der Waals surface area (Å²) in [6.07, 6.45) is 0.537. The van der Waals surface area contributed by atoms with Gasteiger partial charge in [0.2, 0.25) is 0 Å². The Kier molecular flexibility index (Phi) is 8.38. The third kappa shape index (κ3) is 6.44. The van der Waals surface area contributed by atoms with Gasteiger partial charge >= 0.3 is 0 Å². The SMILES string of the molecule is CCCc1ccc(C(CCOCC(F)F)NCC)cc1. The van der Waals surface area contributed by atoms with Gasteiger partial charge in [0.05, 0.1) is 0 Å². The van der Waals surface area contributed by atoms with Crippen LogP contribution in [0.4, 0.5) is 8.78 Å². The molecule has 1 aromatic rings. The van der Waals surface area contributed by atoms with Gasteiger partial charge in [0.15, 0.2) is 0 Å². The van der Waals surface area contributed by atoms with Gasteiger partial charge in [-0.3, -0.25) is 0 Å². The summed E-state index contributed by atoms with van der Waals surface area (Å²) in [6.45, 7) is 4.91. The molecule has 2 nitrogen and oxygen atoms in total. The molecule has 0 saturated carbocycles. The summed E-state index contributed by atoms with van der Waals surface area (Å²) < 4.78 is 29.0. The molecule has 0 aliphatic rings. The Morgan fingerprint density at radius 2 is 1.85 bits per heavy atom. The first-order chi connectivity index (χ1) is 9.67. The van der Waals surface area contributed by atoms with Gasteiger partial charge < -0.3 is 10.1 Å². The van der Waals surface area contributed by atoms with E-state index in [1.807, 2.05) is 6.92 Å². The fraction of sp³-hybridized carbons (Fsp3) is 0.625. The van der Waals surface area contributed by atoms with Crippen molar-refractivity contribution in [1.29, 1.82) is 0 Å². The maximum atomic E-state index is 12.0. The molecule has 1 rings (SSSR count). The highest BCUT2D eigenvalue weighted by Crippen LogP contribution is 2.18. The minimum Gasteiger partial charge on any atom is -0.375 e. The molecule has 20 heavy (non-hydrogen) atoms. The van der Waals surface area contributed by atoms with Crippen LogP contribution in [0.1, 0.15) is 43.9 Å². The number of halogens is 2. The van der Waals surface area contributed by atoms with Crippen molar-refractivity contribution in [2.75, 3.05) is 19.8 Å². The summed E-state index contributed by atoms with van der Waals surface area (Å²) in [5.41, 5.74) is 2.52. The predicted octanol–water partition coefficient (Wildman–Crippen LogP) is 3.96. The van der Waals surface area contributed by atoms with E-state index in [4.69, 9.17) is 4.74 Å². The summed E-state index contributed by atoms with van der Waals surface area (Å²) in [6, 6.07) is 8.68. The highest BCUT2D eigenvalue weighted by atomic mass is 19.3. The zero-order chi connectivity index (χ0) is 14.8. The van der Waals surface area contributed by atoms with Crippen LogP contribution in [0.3, 0.4) is 0 Å². The van der Waals surface area contributed by atoms with E-state index in [2.05, 4.69) is 36.5 Å². The second kappa shape index (κ2) is 9.83. The second-order valence-electron chi connectivity index (χ2n) is 4.86. The molecule has 0 amide bonds. The van der Waals surface area contributed by atoms with Crippen LogP contribution >= 0.6 is 0 Å². The maximum absolute atomic E-state index is 12.0. The standard InChI is InChI=1S/C16H25F2NO/c1-3-5-13-6-8-14(9-7-13)15(19-4-2)10-11-20-12-16(17)18/h6-9,15-16,19H,3-5,10-12H2,1-2H3. The third-order valence-corrected chi connectivity index (χ3v) is 3.17. The van der Waals surface area contributed by atoms with Crippen molar-refractivity contribution in [2.45, 2.75) is 45.6 Å². The Bertz CT molecular complexity index is 354. The highest BCUT2D eigenvalue weighted by molar-refractivity contribution is 5.25. The van der Waals surface area contributed by atoms with Gasteiger partial charge in [0.25, 0.3) is 6.43 Å². The average molecular weight is 285 g/mol. The summed E-state index contributed by atoms with van der Waals surface area (Å²) in [4.78, 5) is 0. The molecule has 0 fully saturated rings. The van der Waals surface area contributed by atoms with Crippen molar-refractivity contribution >= 4 is 0 Å².